The Balaban J connectivity index is 2.05. The third-order valence-electron chi connectivity index (χ3n) is 3.13. The van der Waals surface area contributed by atoms with Crippen molar-refractivity contribution in [1.29, 1.82) is 0 Å². The molecule has 0 saturated heterocycles. The van der Waals surface area contributed by atoms with Gasteiger partial charge >= 0.3 is 0 Å². The summed E-state index contributed by atoms with van der Waals surface area (Å²) in [6.45, 7) is 8.76. The number of para-hydroxylation sites is 1. The van der Waals surface area contributed by atoms with Crippen molar-refractivity contribution in [2.24, 2.45) is 0 Å². The molecule has 2 heteroatoms. The van der Waals surface area contributed by atoms with Gasteiger partial charge in [0.1, 0.15) is 0 Å². The van der Waals surface area contributed by atoms with Crippen LogP contribution in [0.1, 0.15) is 26.0 Å². The van der Waals surface area contributed by atoms with Crippen LogP contribution in [0.25, 0.3) is 10.9 Å². The average molecular weight is 230 g/mol. The van der Waals surface area contributed by atoms with E-state index in [0.717, 1.165) is 13.1 Å². The summed E-state index contributed by atoms with van der Waals surface area (Å²) in [6, 6.07) is 11.5. The van der Waals surface area contributed by atoms with E-state index in [9.17, 15) is 0 Å². The van der Waals surface area contributed by atoms with Gasteiger partial charge in [0.2, 0.25) is 0 Å². The number of benzene rings is 1. The summed E-state index contributed by atoms with van der Waals surface area (Å²) >= 11 is 0. The van der Waals surface area contributed by atoms with Gasteiger partial charge in [-0.2, -0.15) is 0 Å². The normalized spacial score (nSPS) is 11.5. The lowest BCUT2D eigenvalue weighted by Gasteiger charge is -2.10. The third kappa shape index (κ3) is 2.89. The molecule has 0 fully saturated rings. The largest absolute Gasteiger partial charge is 0.345 e. The van der Waals surface area contributed by atoms with E-state index in [0.29, 0.717) is 6.04 Å². The molecule has 1 aromatic heterocycles. The summed E-state index contributed by atoms with van der Waals surface area (Å²) in [7, 11) is 0. The monoisotopic (exact) mass is 230 g/mol. The van der Waals surface area contributed by atoms with E-state index in [-0.39, 0.29) is 0 Å². The van der Waals surface area contributed by atoms with Crippen LogP contribution in [-0.4, -0.2) is 17.2 Å². The number of rotatable bonds is 5. The molecule has 2 aromatic rings. The van der Waals surface area contributed by atoms with E-state index >= 15 is 0 Å². The maximum Gasteiger partial charge on any atom is 0.0482 e. The molecule has 0 bridgehead atoms. The number of nitrogens with zero attached hydrogens (tertiary/aromatic N) is 1. The molecule has 0 aliphatic carbocycles. The van der Waals surface area contributed by atoms with Gasteiger partial charge in [0.15, 0.2) is 0 Å². The van der Waals surface area contributed by atoms with E-state index in [2.05, 4.69) is 61.0 Å². The lowest BCUT2D eigenvalue weighted by atomic mass is 10.2. The molecule has 92 valence electrons. The number of aryl methyl sites for hydroxylation is 2. The van der Waals surface area contributed by atoms with Crippen LogP contribution in [0.15, 0.2) is 30.3 Å². The van der Waals surface area contributed by atoms with Crippen molar-refractivity contribution in [2.75, 3.05) is 6.54 Å². The van der Waals surface area contributed by atoms with Crippen molar-refractivity contribution in [1.82, 2.24) is 9.88 Å². The van der Waals surface area contributed by atoms with Crippen molar-refractivity contribution in [2.45, 2.75) is 39.8 Å². The van der Waals surface area contributed by atoms with Gasteiger partial charge in [-0.15, -0.1) is 0 Å². The Morgan fingerprint density at radius 3 is 2.76 bits per heavy atom. The van der Waals surface area contributed by atoms with Crippen molar-refractivity contribution < 1.29 is 0 Å². The van der Waals surface area contributed by atoms with Gasteiger partial charge in [-0.25, -0.2) is 0 Å². The lowest BCUT2D eigenvalue weighted by Crippen LogP contribution is -2.24. The Bertz CT molecular complexity index is 483. The standard InChI is InChI=1S/C15H22N2/c1-12(2)16-9-6-10-17-13(3)11-14-7-4-5-8-15(14)17/h4-5,7-8,11-12,16H,6,9-10H2,1-3H3. The molecule has 1 N–H and O–H groups in total. The molecule has 0 aliphatic rings. The number of aromatic nitrogens is 1. The second-order valence-corrected chi connectivity index (χ2v) is 4.96. The highest BCUT2D eigenvalue weighted by Crippen LogP contribution is 2.19. The van der Waals surface area contributed by atoms with Crippen molar-refractivity contribution in [3.05, 3.63) is 36.0 Å². The first-order valence-corrected chi connectivity index (χ1v) is 6.47. The molecule has 0 spiro atoms. The smallest absolute Gasteiger partial charge is 0.0482 e. The molecule has 1 heterocycles. The SMILES string of the molecule is Cc1cc2ccccc2n1CCCNC(C)C. The fourth-order valence-corrected chi connectivity index (χ4v) is 2.27. The van der Waals surface area contributed by atoms with Crippen LogP contribution in [0.2, 0.25) is 0 Å². The second kappa shape index (κ2) is 5.37. The minimum absolute atomic E-state index is 0.581. The maximum atomic E-state index is 3.46. The van der Waals surface area contributed by atoms with Crippen LogP contribution >= 0.6 is 0 Å². The summed E-state index contributed by atoms with van der Waals surface area (Å²) in [5.41, 5.74) is 2.71. The third-order valence-corrected chi connectivity index (χ3v) is 3.13. The predicted molar refractivity (Wildman–Crippen MR) is 74.4 cm³/mol. The molecule has 0 amide bonds. The first-order chi connectivity index (χ1) is 8.18. The highest BCUT2D eigenvalue weighted by molar-refractivity contribution is 5.81. The van der Waals surface area contributed by atoms with Gasteiger partial charge in [0, 0.05) is 23.8 Å². The zero-order valence-electron chi connectivity index (χ0n) is 11.0. The molecular weight excluding hydrogens is 208 g/mol. The molecule has 0 radical (unpaired) electrons. The van der Waals surface area contributed by atoms with Crippen LogP contribution in [-0.2, 0) is 6.54 Å². The van der Waals surface area contributed by atoms with Crippen molar-refractivity contribution in [3.8, 4) is 0 Å². The van der Waals surface area contributed by atoms with Gasteiger partial charge in [-0.1, -0.05) is 32.0 Å². The number of nitrogens with one attached hydrogen (secondary N) is 1. The number of hydrogen-bond acceptors (Lipinski definition) is 1. The van der Waals surface area contributed by atoms with Gasteiger partial charge < -0.3 is 9.88 Å². The van der Waals surface area contributed by atoms with E-state index < -0.39 is 0 Å². The Morgan fingerprint density at radius 2 is 2.00 bits per heavy atom. The molecule has 1 aromatic carbocycles. The van der Waals surface area contributed by atoms with E-state index in [1.54, 1.807) is 0 Å². The zero-order valence-corrected chi connectivity index (χ0v) is 11.0. The lowest BCUT2D eigenvalue weighted by molar-refractivity contribution is 0.538. The molecule has 17 heavy (non-hydrogen) atoms. The zero-order chi connectivity index (χ0) is 12.3. The van der Waals surface area contributed by atoms with E-state index in [1.807, 2.05) is 0 Å². The Labute approximate surface area is 104 Å². The predicted octanol–water partition coefficient (Wildman–Crippen LogP) is 3.34. The minimum Gasteiger partial charge on any atom is -0.345 e. The molecule has 0 saturated carbocycles. The van der Waals surface area contributed by atoms with Gasteiger partial charge in [0.25, 0.3) is 0 Å². The molecule has 2 nitrogen and oxygen atoms in total. The highest BCUT2D eigenvalue weighted by Gasteiger charge is 2.04. The van der Waals surface area contributed by atoms with Crippen LogP contribution in [0.5, 0.6) is 0 Å². The van der Waals surface area contributed by atoms with Crippen LogP contribution in [0.4, 0.5) is 0 Å². The quantitative estimate of drug-likeness (QED) is 0.780. The Morgan fingerprint density at radius 1 is 1.24 bits per heavy atom. The van der Waals surface area contributed by atoms with Crippen LogP contribution in [0, 0.1) is 6.92 Å². The average Bonchev–Trinajstić information content (AvgIpc) is 2.60. The first-order valence-electron chi connectivity index (χ1n) is 6.47. The number of fused-ring (bicyclic) bond motifs is 1. The second-order valence-electron chi connectivity index (χ2n) is 4.96. The fraction of sp³-hybridized carbons (Fsp3) is 0.467. The maximum absolute atomic E-state index is 3.46. The number of hydrogen-bond donors (Lipinski definition) is 1. The molecular formula is C15H22N2. The molecule has 0 aliphatic heterocycles. The summed E-state index contributed by atoms with van der Waals surface area (Å²) in [4.78, 5) is 0. The van der Waals surface area contributed by atoms with Crippen molar-refractivity contribution >= 4 is 10.9 Å². The topological polar surface area (TPSA) is 17.0 Å². The summed E-state index contributed by atoms with van der Waals surface area (Å²) in [6.07, 6.45) is 1.18. The van der Waals surface area contributed by atoms with E-state index in [1.165, 1.54) is 23.0 Å². The molecule has 0 atom stereocenters. The summed E-state index contributed by atoms with van der Waals surface area (Å²) < 4.78 is 2.41. The van der Waals surface area contributed by atoms with Crippen LogP contribution < -0.4 is 5.32 Å². The van der Waals surface area contributed by atoms with Crippen molar-refractivity contribution in [3.63, 3.8) is 0 Å². The van der Waals surface area contributed by atoms with E-state index in [4.69, 9.17) is 0 Å². The minimum atomic E-state index is 0.581. The van der Waals surface area contributed by atoms with Gasteiger partial charge in [-0.05, 0) is 37.4 Å². The Hall–Kier alpha value is -1.28. The fourth-order valence-electron chi connectivity index (χ4n) is 2.27. The van der Waals surface area contributed by atoms with Gasteiger partial charge in [0.05, 0.1) is 0 Å². The molecule has 2 rings (SSSR count). The summed E-state index contributed by atoms with van der Waals surface area (Å²) in [5.74, 6) is 0. The Kier molecular flexibility index (Phi) is 3.85. The molecule has 0 unspecified atom stereocenters. The highest BCUT2D eigenvalue weighted by atomic mass is 15.0. The first kappa shape index (κ1) is 12.2. The van der Waals surface area contributed by atoms with Gasteiger partial charge in [-0.3, -0.25) is 0 Å². The van der Waals surface area contributed by atoms with Crippen LogP contribution in [0.3, 0.4) is 0 Å². The summed E-state index contributed by atoms with van der Waals surface area (Å²) in [5, 5.41) is 4.81.